The van der Waals surface area contributed by atoms with Crippen LogP contribution >= 0.6 is 11.6 Å². The van der Waals surface area contributed by atoms with Crippen molar-refractivity contribution in [2.45, 2.75) is 26.3 Å². The highest BCUT2D eigenvalue weighted by atomic mass is 35.5. The summed E-state index contributed by atoms with van der Waals surface area (Å²) >= 11 is 5.98. The van der Waals surface area contributed by atoms with Gasteiger partial charge < -0.3 is 5.32 Å². The average molecular weight is 262 g/mol. The molecule has 18 heavy (non-hydrogen) atoms. The zero-order chi connectivity index (χ0) is 13.0. The van der Waals surface area contributed by atoms with Crippen LogP contribution in [0.5, 0.6) is 0 Å². The van der Waals surface area contributed by atoms with Crippen molar-refractivity contribution in [3.8, 4) is 0 Å². The summed E-state index contributed by atoms with van der Waals surface area (Å²) in [6.45, 7) is 4.82. The van der Waals surface area contributed by atoms with Crippen molar-refractivity contribution in [1.29, 1.82) is 0 Å². The van der Waals surface area contributed by atoms with Crippen LogP contribution in [0.4, 0.5) is 5.82 Å². The van der Waals surface area contributed by atoms with Gasteiger partial charge in [-0.3, -0.25) is 0 Å². The summed E-state index contributed by atoms with van der Waals surface area (Å²) in [4.78, 5) is 8.64. The summed E-state index contributed by atoms with van der Waals surface area (Å²) in [7, 11) is 0. The second kappa shape index (κ2) is 5.83. The van der Waals surface area contributed by atoms with E-state index in [0.717, 1.165) is 18.2 Å². The Kier molecular flexibility index (Phi) is 4.15. The molecule has 2 aromatic rings. The molecule has 0 atom stereocenters. The number of hydrogen-bond acceptors (Lipinski definition) is 3. The van der Waals surface area contributed by atoms with Crippen LogP contribution in [0.1, 0.15) is 31.2 Å². The van der Waals surface area contributed by atoms with Crippen molar-refractivity contribution in [1.82, 2.24) is 9.97 Å². The molecule has 0 aliphatic heterocycles. The van der Waals surface area contributed by atoms with Crippen molar-refractivity contribution in [2.24, 2.45) is 0 Å². The van der Waals surface area contributed by atoms with Crippen LogP contribution in [0.3, 0.4) is 0 Å². The van der Waals surface area contributed by atoms with Gasteiger partial charge in [0.25, 0.3) is 0 Å². The maximum absolute atomic E-state index is 5.98. The quantitative estimate of drug-likeness (QED) is 0.849. The number of nitrogens with one attached hydrogen (secondary N) is 1. The Morgan fingerprint density at radius 2 is 1.89 bits per heavy atom. The second-order valence-corrected chi connectivity index (χ2v) is 4.82. The first-order chi connectivity index (χ1) is 8.65. The molecule has 0 unspecified atom stereocenters. The van der Waals surface area contributed by atoms with E-state index in [9.17, 15) is 0 Å². The van der Waals surface area contributed by atoms with Gasteiger partial charge in [0.2, 0.25) is 0 Å². The summed E-state index contributed by atoms with van der Waals surface area (Å²) in [5, 5.41) is 3.74. The summed E-state index contributed by atoms with van der Waals surface area (Å²) in [6.07, 6.45) is 0. The number of halogens is 1. The number of anilines is 1. The van der Waals surface area contributed by atoms with Gasteiger partial charge in [-0.15, -0.1) is 0 Å². The molecule has 0 saturated heterocycles. The fourth-order valence-electron chi connectivity index (χ4n) is 1.57. The molecule has 0 bridgehead atoms. The van der Waals surface area contributed by atoms with Gasteiger partial charge in [0, 0.05) is 18.5 Å². The molecule has 0 aliphatic carbocycles. The molecule has 0 aliphatic rings. The van der Waals surface area contributed by atoms with Gasteiger partial charge >= 0.3 is 0 Å². The highest BCUT2D eigenvalue weighted by molar-refractivity contribution is 6.29. The third-order valence-electron chi connectivity index (χ3n) is 2.55. The lowest BCUT2D eigenvalue weighted by Crippen LogP contribution is -2.05. The van der Waals surface area contributed by atoms with E-state index in [0.29, 0.717) is 5.15 Å². The highest BCUT2D eigenvalue weighted by Crippen LogP contribution is 2.17. The standard InChI is InChI=1S/C14H16ClN3/c1-10(2)14-17-12(15)8-13(18-14)16-9-11-6-4-3-5-7-11/h3-8,10H,9H2,1-2H3,(H,16,17,18). The normalized spacial score (nSPS) is 10.7. The SMILES string of the molecule is CC(C)c1nc(Cl)cc(NCc2ccccc2)n1. The first kappa shape index (κ1) is 12.8. The third-order valence-corrected chi connectivity index (χ3v) is 2.74. The smallest absolute Gasteiger partial charge is 0.135 e. The Morgan fingerprint density at radius 1 is 1.17 bits per heavy atom. The van der Waals surface area contributed by atoms with Crippen LogP contribution < -0.4 is 5.32 Å². The zero-order valence-electron chi connectivity index (χ0n) is 10.5. The highest BCUT2D eigenvalue weighted by Gasteiger charge is 2.06. The molecular weight excluding hydrogens is 246 g/mol. The van der Waals surface area contributed by atoms with E-state index >= 15 is 0 Å². The van der Waals surface area contributed by atoms with Crippen molar-refractivity contribution >= 4 is 17.4 Å². The van der Waals surface area contributed by atoms with Crippen molar-refractivity contribution in [3.63, 3.8) is 0 Å². The van der Waals surface area contributed by atoms with Gasteiger partial charge in [-0.1, -0.05) is 55.8 Å². The number of nitrogens with zero attached hydrogens (tertiary/aromatic N) is 2. The van der Waals surface area contributed by atoms with E-state index in [4.69, 9.17) is 11.6 Å². The number of rotatable bonds is 4. The monoisotopic (exact) mass is 261 g/mol. The summed E-state index contributed by atoms with van der Waals surface area (Å²) in [5.41, 5.74) is 1.21. The van der Waals surface area contributed by atoms with E-state index in [-0.39, 0.29) is 5.92 Å². The molecule has 94 valence electrons. The minimum Gasteiger partial charge on any atom is -0.366 e. The fourth-order valence-corrected chi connectivity index (χ4v) is 1.76. The fraction of sp³-hybridized carbons (Fsp3) is 0.286. The molecule has 0 radical (unpaired) electrons. The Hall–Kier alpha value is -1.61. The molecule has 1 N–H and O–H groups in total. The minimum atomic E-state index is 0.265. The first-order valence-electron chi connectivity index (χ1n) is 5.97. The summed E-state index contributed by atoms with van der Waals surface area (Å²) in [5.74, 6) is 1.79. The molecular formula is C14H16ClN3. The van der Waals surface area contributed by atoms with Gasteiger partial charge in [-0.2, -0.15) is 0 Å². The van der Waals surface area contributed by atoms with E-state index in [1.165, 1.54) is 5.56 Å². The minimum absolute atomic E-state index is 0.265. The third kappa shape index (κ3) is 3.44. The van der Waals surface area contributed by atoms with Gasteiger partial charge in [0.1, 0.15) is 16.8 Å². The maximum Gasteiger partial charge on any atom is 0.135 e. The molecule has 0 spiro atoms. The van der Waals surface area contributed by atoms with E-state index in [1.54, 1.807) is 6.07 Å². The van der Waals surface area contributed by atoms with Gasteiger partial charge in [0.05, 0.1) is 0 Å². The Morgan fingerprint density at radius 3 is 2.56 bits per heavy atom. The molecule has 3 nitrogen and oxygen atoms in total. The maximum atomic E-state index is 5.98. The summed E-state index contributed by atoms with van der Waals surface area (Å²) in [6, 6.07) is 11.9. The largest absolute Gasteiger partial charge is 0.366 e. The Balaban J connectivity index is 2.10. The molecule has 0 amide bonds. The lowest BCUT2D eigenvalue weighted by atomic mass is 10.2. The van der Waals surface area contributed by atoms with Gasteiger partial charge in [-0.05, 0) is 5.56 Å². The van der Waals surface area contributed by atoms with E-state index < -0.39 is 0 Å². The second-order valence-electron chi connectivity index (χ2n) is 4.43. The van der Waals surface area contributed by atoms with Crippen molar-refractivity contribution in [2.75, 3.05) is 5.32 Å². The predicted octanol–water partition coefficient (Wildman–Crippen LogP) is 3.87. The van der Waals surface area contributed by atoms with Crippen molar-refractivity contribution < 1.29 is 0 Å². The van der Waals surface area contributed by atoms with Crippen molar-refractivity contribution in [3.05, 3.63) is 52.9 Å². The average Bonchev–Trinajstić information content (AvgIpc) is 2.37. The number of hydrogen-bond donors (Lipinski definition) is 1. The molecule has 4 heteroatoms. The van der Waals surface area contributed by atoms with Crippen LogP contribution in [-0.2, 0) is 6.54 Å². The lowest BCUT2D eigenvalue weighted by Gasteiger charge is -2.09. The molecule has 0 fully saturated rings. The summed E-state index contributed by atoms with van der Waals surface area (Å²) < 4.78 is 0. The van der Waals surface area contributed by atoms with Gasteiger partial charge in [-0.25, -0.2) is 9.97 Å². The lowest BCUT2D eigenvalue weighted by molar-refractivity contribution is 0.774. The molecule has 1 aromatic carbocycles. The van der Waals surface area contributed by atoms with Crippen LogP contribution in [0.15, 0.2) is 36.4 Å². The van der Waals surface area contributed by atoms with Crippen LogP contribution in [0.25, 0.3) is 0 Å². The first-order valence-corrected chi connectivity index (χ1v) is 6.35. The molecule has 2 rings (SSSR count). The van der Waals surface area contributed by atoms with Crippen LogP contribution in [0, 0.1) is 0 Å². The van der Waals surface area contributed by atoms with Crippen LogP contribution in [-0.4, -0.2) is 9.97 Å². The number of aromatic nitrogens is 2. The molecule has 1 heterocycles. The van der Waals surface area contributed by atoms with Gasteiger partial charge in [0.15, 0.2) is 0 Å². The topological polar surface area (TPSA) is 37.8 Å². The Bertz CT molecular complexity index is 512. The predicted molar refractivity (Wildman–Crippen MR) is 74.9 cm³/mol. The molecule has 1 aromatic heterocycles. The molecule has 0 saturated carbocycles. The Labute approximate surface area is 112 Å². The van der Waals surface area contributed by atoms with E-state index in [2.05, 4.69) is 27.4 Å². The van der Waals surface area contributed by atoms with Crippen LogP contribution in [0.2, 0.25) is 5.15 Å². The van der Waals surface area contributed by atoms with E-state index in [1.807, 2.05) is 32.0 Å². The number of benzene rings is 1. The zero-order valence-corrected chi connectivity index (χ0v) is 11.3.